The van der Waals surface area contributed by atoms with Crippen molar-refractivity contribution in [1.29, 1.82) is 0 Å². The molecule has 0 spiro atoms. The summed E-state index contributed by atoms with van der Waals surface area (Å²) in [5.74, 6) is -7.37. The Morgan fingerprint density at radius 2 is 1.33 bits per heavy atom. The summed E-state index contributed by atoms with van der Waals surface area (Å²) >= 11 is 1.77. The lowest BCUT2D eigenvalue weighted by atomic mass is 10.2. The van der Waals surface area contributed by atoms with Crippen LogP contribution in [0.3, 0.4) is 0 Å². The molecule has 0 heterocycles. The monoisotopic (exact) mass is 509 g/mol. The number of Topliss-reactive ketones (excluding diaryl/α,β-unsaturated/α-hetero) is 2. The number of esters is 2. The molecule has 0 rings (SSSR count). The first-order valence-corrected chi connectivity index (χ1v) is 11.9. The van der Waals surface area contributed by atoms with Gasteiger partial charge >= 0.3 is 17.9 Å². The smallest absolute Gasteiger partial charge is 0.375 e. The molecule has 186 valence electrons. The van der Waals surface area contributed by atoms with Gasteiger partial charge in [-0.2, -0.15) is 23.5 Å². The number of hydrogen-bond acceptors (Lipinski definition) is 12. The second kappa shape index (κ2) is 16.9. The zero-order chi connectivity index (χ0) is 25.4. The molecule has 2 atom stereocenters. The van der Waals surface area contributed by atoms with E-state index in [1.165, 1.54) is 6.92 Å². The number of nitrogens with two attached hydrogens (primary N) is 1. The van der Waals surface area contributed by atoms with E-state index < -0.39 is 59.9 Å². The average Bonchev–Trinajstić information content (AvgIpc) is 2.76. The van der Waals surface area contributed by atoms with Crippen LogP contribution in [0.5, 0.6) is 0 Å². The number of ketones is 2. The molecule has 5 N–H and O–H groups in total. The summed E-state index contributed by atoms with van der Waals surface area (Å²) in [6.07, 6.45) is 0. The second-order valence-electron chi connectivity index (χ2n) is 6.10. The van der Waals surface area contributed by atoms with E-state index >= 15 is 0 Å². The summed E-state index contributed by atoms with van der Waals surface area (Å²) in [6.45, 7) is 2.45. The van der Waals surface area contributed by atoms with Gasteiger partial charge in [0.05, 0.1) is 30.8 Å². The quantitative estimate of drug-likeness (QED) is 0.121. The van der Waals surface area contributed by atoms with Gasteiger partial charge in [0, 0.05) is 11.5 Å². The third-order valence-corrected chi connectivity index (χ3v) is 5.53. The Morgan fingerprint density at radius 3 is 1.79 bits per heavy atom. The molecule has 0 aliphatic heterocycles. The zero-order valence-electron chi connectivity index (χ0n) is 18.1. The molecule has 0 aromatic carbocycles. The number of carbonyl (C=O) groups excluding carboxylic acids is 6. The highest BCUT2D eigenvalue weighted by Crippen LogP contribution is 2.07. The minimum Gasteiger partial charge on any atom is -0.480 e. The average molecular weight is 510 g/mol. The Bertz CT molecular complexity index is 747. The third kappa shape index (κ3) is 13.5. The molecule has 0 fully saturated rings. The fraction of sp³-hybridized carbons (Fsp3) is 0.611. The predicted molar refractivity (Wildman–Crippen MR) is 118 cm³/mol. The van der Waals surface area contributed by atoms with Crippen molar-refractivity contribution in [2.75, 3.05) is 42.8 Å². The van der Waals surface area contributed by atoms with E-state index in [9.17, 15) is 33.6 Å². The summed E-state index contributed by atoms with van der Waals surface area (Å²) in [6, 6.07) is -2.42. The highest BCUT2D eigenvalue weighted by Gasteiger charge is 2.26. The number of amides is 2. The number of carboxylic acid groups (broad SMARTS) is 1. The van der Waals surface area contributed by atoms with Gasteiger partial charge in [-0.15, -0.1) is 0 Å². The molecule has 0 aromatic heterocycles. The van der Waals surface area contributed by atoms with E-state index in [4.69, 9.17) is 10.8 Å². The van der Waals surface area contributed by atoms with Crippen LogP contribution in [0.4, 0.5) is 0 Å². The van der Waals surface area contributed by atoms with E-state index in [1.807, 2.05) is 0 Å². The van der Waals surface area contributed by atoms with E-state index in [0.29, 0.717) is 0 Å². The van der Waals surface area contributed by atoms with Crippen molar-refractivity contribution in [2.45, 2.75) is 25.9 Å². The van der Waals surface area contributed by atoms with Gasteiger partial charge in [-0.3, -0.25) is 24.0 Å². The first-order chi connectivity index (χ1) is 15.5. The number of thioether (sulfide) groups is 2. The van der Waals surface area contributed by atoms with E-state index in [-0.39, 0.29) is 36.2 Å². The molecular weight excluding hydrogens is 482 g/mol. The summed E-state index contributed by atoms with van der Waals surface area (Å²) in [4.78, 5) is 81.0. The summed E-state index contributed by atoms with van der Waals surface area (Å²) in [5, 5.41) is 13.2. The number of rotatable bonds is 17. The van der Waals surface area contributed by atoms with E-state index in [0.717, 1.165) is 23.5 Å². The van der Waals surface area contributed by atoms with Crippen LogP contribution in [-0.4, -0.2) is 101 Å². The van der Waals surface area contributed by atoms with Crippen LogP contribution in [0.1, 0.15) is 13.8 Å². The van der Waals surface area contributed by atoms with Gasteiger partial charge in [-0.1, -0.05) is 0 Å². The maximum absolute atomic E-state index is 12.3. The molecule has 13 nitrogen and oxygen atoms in total. The molecule has 33 heavy (non-hydrogen) atoms. The minimum absolute atomic E-state index is 0.0206. The summed E-state index contributed by atoms with van der Waals surface area (Å²) < 4.78 is 9.12. The van der Waals surface area contributed by atoms with Crippen LogP contribution in [0.2, 0.25) is 0 Å². The minimum atomic E-state index is -1.31. The van der Waals surface area contributed by atoms with Gasteiger partial charge < -0.3 is 30.9 Å². The van der Waals surface area contributed by atoms with Crippen molar-refractivity contribution < 1.29 is 48.1 Å². The van der Waals surface area contributed by atoms with Crippen LogP contribution in [0.15, 0.2) is 0 Å². The number of ether oxygens (including phenoxy) is 2. The zero-order valence-corrected chi connectivity index (χ0v) is 19.8. The topological polar surface area (TPSA) is 208 Å². The number of hydrogen-bond donors (Lipinski definition) is 4. The van der Waals surface area contributed by atoms with Crippen molar-refractivity contribution in [3.05, 3.63) is 0 Å². The lowest BCUT2D eigenvalue weighted by Gasteiger charge is -2.20. The fourth-order valence-electron chi connectivity index (χ4n) is 1.91. The maximum atomic E-state index is 12.3. The predicted octanol–water partition coefficient (Wildman–Crippen LogP) is -2.27. The molecule has 0 bridgehead atoms. The molecule has 0 radical (unpaired) electrons. The first-order valence-electron chi connectivity index (χ1n) is 9.64. The van der Waals surface area contributed by atoms with Crippen LogP contribution >= 0.6 is 23.5 Å². The fourth-order valence-corrected chi connectivity index (χ4v) is 3.63. The third-order valence-electron chi connectivity index (χ3n) is 3.44. The normalized spacial score (nSPS) is 12.1. The standard InChI is InChI=1S/C18H27N3O10S2/c1-3-30-17(28)12(22)8-32-6-10(19)15(26)21-11(16(27)20-5-14(24)25)7-33-9-13(23)18(29)31-4-2/h10-11H,3-9,19H2,1-2H3,(H,20,27)(H,21,26)(H,24,25). The first kappa shape index (κ1) is 30.4. The highest BCUT2D eigenvalue weighted by molar-refractivity contribution is 8.00. The number of carboxylic acids is 1. The number of aliphatic carboxylic acids is 1. The van der Waals surface area contributed by atoms with Crippen LogP contribution in [0.25, 0.3) is 0 Å². The van der Waals surface area contributed by atoms with Crippen molar-refractivity contribution in [2.24, 2.45) is 5.73 Å². The molecular formula is C18H27N3O10S2. The number of carbonyl (C=O) groups is 7. The second-order valence-corrected chi connectivity index (χ2v) is 8.16. The molecule has 2 unspecified atom stereocenters. The van der Waals surface area contributed by atoms with Crippen molar-refractivity contribution in [3.8, 4) is 0 Å². The van der Waals surface area contributed by atoms with Gasteiger partial charge in [0.25, 0.3) is 0 Å². The van der Waals surface area contributed by atoms with Crippen LogP contribution in [-0.2, 0) is 43.0 Å². The van der Waals surface area contributed by atoms with Crippen molar-refractivity contribution in [1.82, 2.24) is 10.6 Å². The van der Waals surface area contributed by atoms with Crippen molar-refractivity contribution in [3.63, 3.8) is 0 Å². The Morgan fingerprint density at radius 1 is 0.848 bits per heavy atom. The SMILES string of the molecule is CCOC(=O)C(=O)CSCC(N)C(=O)NC(CSCC(=O)C(=O)OCC)C(=O)NCC(=O)O. The molecule has 0 aromatic rings. The molecule has 0 saturated carbocycles. The van der Waals surface area contributed by atoms with Gasteiger partial charge in [0.1, 0.15) is 12.6 Å². The lowest BCUT2D eigenvalue weighted by Crippen LogP contribution is -2.54. The maximum Gasteiger partial charge on any atom is 0.375 e. The van der Waals surface area contributed by atoms with Gasteiger partial charge in [0.2, 0.25) is 23.4 Å². The molecule has 15 heteroatoms. The van der Waals surface area contributed by atoms with Crippen LogP contribution in [0, 0.1) is 0 Å². The van der Waals surface area contributed by atoms with E-state index in [2.05, 4.69) is 20.1 Å². The largest absolute Gasteiger partial charge is 0.480 e. The van der Waals surface area contributed by atoms with Crippen LogP contribution < -0.4 is 16.4 Å². The highest BCUT2D eigenvalue weighted by atomic mass is 32.2. The Balaban J connectivity index is 4.81. The van der Waals surface area contributed by atoms with Gasteiger partial charge in [-0.05, 0) is 13.8 Å². The lowest BCUT2D eigenvalue weighted by molar-refractivity contribution is -0.152. The Hall–Kier alpha value is -2.65. The number of nitrogens with one attached hydrogen (secondary N) is 2. The van der Waals surface area contributed by atoms with Gasteiger partial charge in [0.15, 0.2) is 0 Å². The Kier molecular flexibility index (Phi) is 15.6. The summed E-state index contributed by atoms with van der Waals surface area (Å²) in [5.41, 5.74) is 5.75. The van der Waals surface area contributed by atoms with Gasteiger partial charge in [-0.25, -0.2) is 9.59 Å². The molecule has 2 amide bonds. The van der Waals surface area contributed by atoms with E-state index in [1.54, 1.807) is 6.92 Å². The molecule has 0 saturated heterocycles. The van der Waals surface area contributed by atoms with Crippen molar-refractivity contribution >= 4 is 64.8 Å². The summed E-state index contributed by atoms with van der Waals surface area (Å²) in [7, 11) is 0. The Labute approximate surface area is 198 Å². The molecule has 0 aliphatic rings. The molecule has 0 aliphatic carbocycles.